The zero-order chi connectivity index (χ0) is 17.1. The van der Waals surface area contributed by atoms with Crippen LogP contribution >= 0.6 is 0 Å². The number of rotatable bonds is 2. The zero-order valence-electron chi connectivity index (χ0n) is 14.1. The summed E-state index contributed by atoms with van der Waals surface area (Å²) < 4.78 is 33.0. The smallest absolute Gasteiger partial charge is 0.0988 e. The fourth-order valence-electron chi connectivity index (χ4n) is 5.90. The topological polar surface area (TPSA) is 77.4 Å². The standard InChI is InChI=1S/C19H26O4S/c1-19-9-8-15-14-4-2-12(11-24(21,22)23)10-13(14)3-5-16(15)17(19)6-7-18(19)20/h2,4,10,15-18,20H,3,5-9,11H2,1H3,(H,21,22,23)/p-1/t15-,16-,17+,18?,19+/m1/s1. The van der Waals surface area contributed by atoms with E-state index < -0.39 is 15.9 Å². The van der Waals surface area contributed by atoms with Crippen LogP contribution in [0.15, 0.2) is 18.2 Å². The van der Waals surface area contributed by atoms with Crippen LogP contribution in [-0.4, -0.2) is 24.2 Å². The number of benzene rings is 1. The van der Waals surface area contributed by atoms with E-state index in [0.29, 0.717) is 23.3 Å². The quantitative estimate of drug-likeness (QED) is 0.833. The van der Waals surface area contributed by atoms with Crippen LogP contribution in [0.25, 0.3) is 0 Å². The van der Waals surface area contributed by atoms with E-state index in [1.807, 2.05) is 12.1 Å². The molecule has 0 heterocycles. The van der Waals surface area contributed by atoms with Crippen molar-refractivity contribution in [3.05, 3.63) is 34.9 Å². The molecule has 5 heteroatoms. The molecule has 132 valence electrons. The summed E-state index contributed by atoms with van der Waals surface area (Å²) in [4.78, 5) is 0. The maximum atomic E-state index is 11.0. The maximum absolute atomic E-state index is 11.0. The molecule has 4 rings (SSSR count). The van der Waals surface area contributed by atoms with Gasteiger partial charge in [0.25, 0.3) is 0 Å². The summed E-state index contributed by atoms with van der Waals surface area (Å²) in [5, 5.41) is 10.4. The SMILES string of the molecule is C[C@]12CC[C@@H]3c4ccc(CS(=O)(=O)[O-])cc4CC[C@H]3[C@@H]1CCC2O. The second kappa shape index (κ2) is 5.55. The molecule has 1 aromatic carbocycles. The largest absolute Gasteiger partial charge is 0.748 e. The van der Waals surface area contributed by atoms with Gasteiger partial charge in [0, 0.05) is 0 Å². The lowest BCUT2D eigenvalue weighted by atomic mass is 9.55. The van der Waals surface area contributed by atoms with Gasteiger partial charge in [-0.2, -0.15) is 0 Å². The number of hydrogen-bond acceptors (Lipinski definition) is 4. The van der Waals surface area contributed by atoms with Crippen molar-refractivity contribution in [2.75, 3.05) is 0 Å². The Morgan fingerprint density at radius 2 is 2.04 bits per heavy atom. The highest BCUT2D eigenvalue weighted by atomic mass is 32.2. The van der Waals surface area contributed by atoms with E-state index in [1.54, 1.807) is 0 Å². The minimum atomic E-state index is -4.23. The van der Waals surface area contributed by atoms with E-state index in [-0.39, 0.29) is 11.5 Å². The Kier molecular flexibility index (Phi) is 3.83. The predicted molar refractivity (Wildman–Crippen MR) is 90.5 cm³/mol. The Morgan fingerprint density at radius 3 is 2.79 bits per heavy atom. The third kappa shape index (κ3) is 2.61. The van der Waals surface area contributed by atoms with Crippen LogP contribution in [0.3, 0.4) is 0 Å². The molecule has 5 atom stereocenters. The molecule has 4 nitrogen and oxygen atoms in total. The molecule has 2 fully saturated rings. The summed E-state index contributed by atoms with van der Waals surface area (Å²) in [6, 6.07) is 5.80. The molecule has 0 radical (unpaired) electrons. The predicted octanol–water partition coefficient (Wildman–Crippen LogP) is 2.95. The highest BCUT2D eigenvalue weighted by Gasteiger charge is 2.54. The summed E-state index contributed by atoms with van der Waals surface area (Å²) in [6.45, 7) is 2.27. The molecule has 3 aliphatic rings. The molecular weight excluding hydrogens is 324 g/mol. The summed E-state index contributed by atoms with van der Waals surface area (Å²) >= 11 is 0. The van der Waals surface area contributed by atoms with E-state index in [1.165, 1.54) is 11.1 Å². The summed E-state index contributed by atoms with van der Waals surface area (Å²) in [5.74, 6) is 1.33. The molecule has 1 unspecified atom stereocenters. The average molecular weight is 349 g/mol. The van der Waals surface area contributed by atoms with Crippen molar-refractivity contribution in [2.45, 2.75) is 63.2 Å². The van der Waals surface area contributed by atoms with Crippen LogP contribution in [0.4, 0.5) is 0 Å². The van der Waals surface area contributed by atoms with E-state index >= 15 is 0 Å². The molecule has 0 amide bonds. The van der Waals surface area contributed by atoms with Crippen molar-refractivity contribution in [1.29, 1.82) is 0 Å². The Balaban J connectivity index is 1.63. The summed E-state index contributed by atoms with van der Waals surface area (Å²) in [6.07, 6.45) is 6.12. The van der Waals surface area contributed by atoms with Gasteiger partial charge in [-0.15, -0.1) is 0 Å². The second-order valence-corrected chi connectivity index (χ2v) is 9.69. The van der Waals surface area contributed by atoms with Gasteiger partial charge in [-0.25, -0.2) is 8.42 Å². The fraction of sp³-hybridized carbons (Fsp3) is 0.684. The highest BCUT2D eigenvalue weighted by Crippen LogP contribution is 2.60. The lowest BCUT2D eigenvalue weighted by Crippen LogP contribution is -2.43. The Morgan fingerprint density at radius 1 is 1.25 bits per heavy atom. The summed E-state index contributed by atoms with van der Waals surface area (Å²) in [7, 11) is -4.23. The molecule has 24 heavy (non-hydrogen) atoms. The second-order valence-electron chi connectivity index (χ2n) is 8.29. The Bertz CT molecular complexity index is 757. The molecular formula is C19H25O4S-. The number of fused-ring (bicyclic) bond motifs is 5. The normalized spacial score (nSPS) is 38.3. The van der Waals surface area contributed by atoms with Gasteiger partial charge in [0.1, 0.15) is 0 Å². The van der Waals surface area contributed by atoms with Gasteiger partial charge in [0.2, 0.25) is 0 Å². The molecule has 0 aromatic heterocycles. The lowest BCUT2D eigenvalue weighted by molar-refractivity contribution is -0.0226. The van der Waals surface area contributed by atoms with Gasteiger partial charge in [-0.05, 0) is 78.4 Å². The van der Waals surface area contributed by atoms with Crippen LogP contribution in [0.5, 0.6) is 0 Å². The van der Waals surface area contributed by atoms with Crippen molar-refractivity contribution in [3.8, 4) is 0 Å². The van der Waals surface area contributed by atoms with E-state index in [2.05, 4.69) is 13.0 Å². The van der Waals surface area contributed by atoms with E-state index in [9.17, 15) is 18.1 Å². The molecule has 1 N–H and O–H groups in total. The third-order valence-electron chi connectivity index (χ3n) is 7.08. The van der Waals surface area contributed by atoms with Gasteiger partial charge in [0.05, 0.1) is 22.0 Å². The van der Waals surface area contributed by atoms with Gasteiger partial charge in [0.15, 0.2) is 0 Å². The Hall–Kier alpha value is -0.910. The van der Waals surface area contributed by atoms with Crippen LogP contribution in [-0.2, 0) is 22.3 Å². The number of hydrogen-bond donors (Lipinski definition) is 1. The molecule has 1 aromatic rings. The highest BCUT2D eigenvalue weighted by molar-refractivity contribution is 7.84. The molecule has 0 aliphatic heterocycles. The Labute approximate surface area is 144 Å². The number of aliphatic hydroxyl groups is 1. The minimum Gasteiger partial charge on any atom is -0.748 e. The summed E-state index contributed by atoms with van der Waals surface area (Å²) in [5.41, 5.74) is 3.26. The van der Waals surface area contributed by atoms with Crippen LogP contribution in [0.1, 0.15) is 61.6 Å². The van der Waals surface area contributed by atoms with E-state index in [4.69, 9.17) is 0 Å². The first-order valence-corrected chi connectivity index (χ1v) is 10.6. The van der Waals surface area contributed by atoms with Crippen LogP contribution in [0.2, 0.25) is 0 Å². The third-order valence-corrected chi connectivity index (χ3v) is 7.77. The number of aliphatic hydroxyl groups excluding tert-OH is 1. The van der Waals surface area contributed by atoms with Crippen molar-refractivity contribution in [2.24, 2.45) is 17.3 Å². The first kappa shape index (κ1) is 16.6. The van der Waals surface area contributed by atoms with Crippen molar-refractivity contribution < 1.29 is 18.1 Å². The van der Waals surface area contributed by atoms with Crippen molar-refractivity contribution in [1.82, 2.24) is 0 Å². The van der Waals surface area contributed by atoms with Gasteiger partial charge in [-0.3, -0.25) is 0 Å². The van der Waals surface area contributed by atoms with Gasteiger partial charge >= 0.3 is 0 Å². The van der Waals surface area contributed by atoms with Crippen LogP contribution in [0, 0.1) is 17.3 Å². The average Bonchev–Trinajstić information content (AvgIpc) is 2.81. The van der Waals surface area contributed by atoms with E-state index in [0.717, 1.165) is 38.5 Å². The fourth-order valence-corrected chi connectivity index (χ4v) is 6.49. The van der Waals surface area contributed by atoms with Gasteiger partial charge < -0.3 is 9.66 Å². The maximum Gasteiger partial charge on any atom is 0.0988 e. The minimum absolute atomic E-state index is 0.0786. The molecule has 0 spiro atoms. The lowest BCUT2D eigenvalue weighted by Gasteiger charge is -2.50. The van der Waals surface area contributed by atoms with Gasteiger partial charge in [-0.1, -0.05) is 25.1 Å². The van der Waals surface area contributed by atoms with Crippen LogP contribution < -0.4 is 0 Å². The van der Waals surface area contributed by atoms with Crippen molar-refractivity contribution >= 4 is 10.1 Å². The number of aryl methyl sites for hydroxylation is 1. The zero-order valence-corrected chi connectivity index (χ0v) is 14.9. The molecule has 0 bridgehead atoms. The molecule has 3 aliphatic carbocycles. The first-order valence-electron chi connectivity index (χ1n) is 9.01. The first-order chi connectivity index (χ1) is 11.3. The molecule has 0 saturated heterocycles. The molecule has 2 saturated carbocycles. The van der Waals surface area contributed by atoms with Crippen molar-refractivity contribution in [3.63, 3.8) is 0 Å². The monoisotopic (exact) mass is 349 g/mol.